The molecule has 7 nitrogen and oxygen atoms in total. The highest BCUT2D eigenvalue weighted by molar-refractivity contribution is 5.98. The van der Waals surface area contributed by atoms with Gasteiger partial charge in [0.05, 0.1) is 0 Å². The monoisotopic (exact) mass is 345 g/mol. The molecule has 0 aliphatic carbocycles. The number of H-pyrrole nitrogens is 1. The number of rotatable bonds is 4. The molecule has 26 heavy (non-hydrogen) atoms. The van der Waals surface area contributed by atoms with E-state index in [1.165, 1.54) is 0 Å². The van der Waals surface area contributed by atoms with E-state index < -0.39 is 0 Å². The Bertz CT molecular complexity index is 1030. The minimum atomic E-state index is 0.0162. The van der Waals surface area contributed by atoms with E-state index in [1.807, 2.05) is 42.5 Å². The molecular formula is C19H15N5O2. The SMILES string of the molecule is CN1Cc2ccc(OCc3cccc(-c4nn[nH]c4C#N)c3)cc2C1=O. The van der Waals surface area contributed by atoms with Gasteiger partial charge in [-0.05, 0) is 29.3 Å². The highest BCUT2D eigenvalue weighted by Gasteiger charge is 2.24. The summed E-state index contributed by atoms with van der Waals surface area (Å²) < 4.78 is 5.85. The van der Waals surface area contributed by atoms with Crippen LogP contribution in [0.1, 0.15) is 27.2 Å². The molecule has 0 spiro atoms. The Labute approximate surface area is 149 Å². The first-order valence-electron chi connectivity index (χ1n) is 8.07. The topological polar surface area (TPSA) is 94.9 Å². The maximum Gasteiger partial charge on any atom is 0.254 e. The van der Waals surface area contributed by atoms with Crippen molar-refractivity contribution in [2.45, 2.75) is 13.2 Å². The Morgan fingerprint density at radius 3 is 3.04 bits per heavy atom. The van der Waals surface area contributed by atoms with E-state index in [0.717, 1.165) is 16.7 Å². The Morgan fingerprint density at radius 2 is 2.19 bits per heavy atom. The van der Waals surface area contributed by atoms with Crippen LogP contribution < -0.4 is 4.74 Å². The summed E-state index contributed by atoms with van der Waals surface area (Å²) in [5, 5.41) is 19.3. The van der Waals surface area contributed by atoms with E-state index in [0.29, 0.717) is 35.9 Å². The van der Waals surface area contributed by atoms with Crippen LogP contribution in [0.2, 0.25) is 0 Å². The van der Waals surface area contributed by atoms with Gasteiger partial charge in [-0.1, -0.05) is 29.5 Å². The summed E-state index contributed by atoms with van der Waals surface area (Å²) in [6.07, 6.45) is 0. The van der Waals surface area contributed by atoms with E-state index in [9.17, 15) is 4.79 Å². The molecule has 7 heteroatoms. The summed E-state index contributed by atoms with van der Waals surface area (Å²) in [7, 11) is 1.79. The van der Waals surface area contributed by atoms with Gasteiger partial charge < -0.3 is 9.64 Å². The van der Waals surface area contributed by atoms with Gasteiger partial charge >= 0.3 is 0 Å². The van der Waals surface area contributed by atoms with Crippen LogP contribution >= 0.6 is 0 Å². The quantitative estimate of drug-likeness (QED) is 0.784. The molecule has 1 aliphatic rings. The molecule has 128 valence electrons. The molecule has 0 saturated carbocycles. The maximum absolute atomic E-state index is 12.1. The van der Waals surface area contributed by atoms with Crippen molar-refractivity contribution in [1.29, 1.82) is 5.26 Å². The number of nitrogens with one attached hydrogen (secondary N) is 1. The number of hydrogen-bond acceptors (Lipinski definition) is 5. The molecule has 0 atom stereocenters. The first-order valence-corrected chi connectivity index (χ1v) is 8.07. The molecule has 0 radical (unpaired) electrons. The summed E-state index contributed by atoms with van der Waals surface area (Å²) in [5.74, 6) is 0.666. The van der Waals surface area contributed by atoms with Gasteiger partial charge in [-0.15, -0.1) is 5.10 Å². The molecule has 1 amide bonds. The van der Waals surface area contributed by atoms with Gasteiger partial charge in [0, 0.05) is 24.7 Å². The number of carbonyl (C=O) groups excluding carboxylic acids is 1. The fraction of sp³-hybridized carbons (Fsp3) is 0.158. The average molecular weight is 345 g/mol. The molecule has 1 aliphatic heterocycles. The van der Waals surface area contributed by atoms with E-state index in [4.69, 9.17) is 10.00 Å². The van der Waals surface area contributed by atoms with E-state index >= 15 is 0 Å². The molecular weight excluding hydrogens is 330 g/mol. The second-order valence-electron chi connectivity index (χ2n) is 6.12. The molecule has 2 heterocycles. The van der Waals surface area contributed by atoms with Crippen molar-refractivity contribution in [3.8, 4) is 23.1 Å². The Morgan fingerprint density at radius 1 is 1.31 bits per heavy atom. The van der Waals surface area contributed by atoms with Crippen LogP contribution in [0, 0.1) is 11.3 Å². The molecule has 2 aromatic carbocycles. The number of carbonyl (C=O) groups is 1. The number of nitriles is 1. The highest BCUT2D eigenvalue weighted by Crippen LogP contribution is 2.26. The second-order valence-corrected chi connectivity index (χ2v) is 6.12. The number of aromatic nitrogens is 3. The third-order valence-electron chi connectivity index (χ3n) is 4.33. The smallest absolute Gasteiger partial charge is 0.254 e. The van der Waals surface area contributed by atoms with Gasteiger partial charge in [0.15, 0.2) is 5.69 Å². The number of benzene rings is 2. The van der Waals surface area contributed by atoms with Gasteiger partial charge in [-0.25, -0.2) is 5.10 Å². The predicted molar refractivity (Wildman–Crippen MR) is 93.1 cm³/mol. The van der Waals surface area contributed by atoms with Crippen LogP contribution in [0.5, 0.6) is 5.75 Å². The molecule has 0 bridgehead atoms. The van der Waals surface area contributed by atoms with Crippen molar-refractivity contribution in [1.82, 2.24) is 20.3 Å². The zero-order chi connectivity index (χ0) is 18.1. The first-order chi connectivity index (χ1) is 12.7. The van der Waals surface area contributed by atoms with Crippen LogP contribution in [-0.2, 0) is 13.2 Å². The van der Waals surface area contributed by atoms with Crippen molar-refractivity contribution in [3.63, 3.8) is 0 Å². The molecule has 1 aromatic heterocycles. The van der Waals surface area contributed by atoms with Gasteiger partial charge in [0.25, 0.3) is 5.91 Å². The van der Waals surface area contributed by atoms with Gasteiger partial charge in [-0.2, -0.15) is 5.26 Å². The van der Waals surface area contributed by atoms with Crippen LogP contribution in [-0.4, -0.2) is 33.3 Å². The van der Waals surface area contributed by atoms with Crippen molar-refractivity contribution in [2.24, 2.45) is 0 Å². The minimum absolute atomic E-state index is 0.0162. The number of nitrogens with zero attached hydrogens (tertiary/aromatic N) is 4. The summed E-state index contributed by atoms with van der Waals surface area (Å²) >= 11 is 0. The summed E-state index contributed by atoms with van der Waals surface area (Å²) in [4.78, 5) is 13.8. The third kappa shape index (κ3) is 2.78. The number of aromatic amines is 1. The second kappa shape index (κ2) is 6.33. The fourth-order valence-corrected chi connectivity index (χ4v) is 3.00. The van der Waals surface area contributed by atoms with Crippen molar-refractivity contribution in [2.75, 3.05) is 7.05 Å². The largest absolute Gasteiger partial charge is 0.489 e. The minimum Gasteiger partial charge on any atom is -0.489 e. The number of ether oxygens (including phenoxy) is 1. The zero-order valence-corrected chi connectivity index (χ0v) is 14.1. The Kier molecular flexibility index (Phi) is 3.86. The lowest BCUT2D eigenvalue weighted by atomic mass is 10.1. The third-order valence-corrected chi connectivity index (χ3v) is 4.33. The lowest BCUT2D eigenvalue weighted by Gasteiger charge is -2.08. The molecule has 3 aromatic rings. The Hall–Kier alpha value is -3.66. The van der Waals surface area contributed by atoms with Gasteiger partial charge in [-0.3, -0.25) is 4.79 Å². The van der Waals surface area contributed by atoms with Crippen LogP contribution in [0.3, 0.4) is 0 Å². The summed E-state index contributed by atoms with van der Waals surface area (Å²) in [6, 6.07) is 15.2. The predicted octanol–water partition coefficient (Wildman–Crippen LogP) is 2.51. The molecule has 0 fully saturated rings. The molecule has 0 saturated heterocycles. The van der Waals surface area contributed by atoms with Gasteiger partial charge in [0.1, 0.15) is 24.1 Å². The lowest BCUT2D eigenvalue weighted by Crippen LogP contribution is -2.17. The van der Waals surface area contributed by atoms with Crippen LogP contribution in [0.4, 0.5) is 0 Å². The highest BCUT2D eigenvalue weighted by atomic mass is 16.5. The zero-order valence-electron chi connectivity index (χ0n) is 14.1. The van der Waals surface area contributed by atoms with Crippen molar-refractivity contribution < 1.29 is 9.53 Å². The normalized spacial score (nSPS) is 12.8. The van der Waals surface area contributed by atoms with E-state index in [1.54, 1.807) is 18.0 Å². The summed E-state index contributed by atoms with van der Waals surface area (Å²) in [6.45, 7) is 0.978. The van der Waals surface area contributed by atoms with Gasteiger partial charge in [0.2, 0.25) is 0 Å². The fourth-order valence-electron chi connectivity index (χ4n) is 3.00. The molecule has 4 rings (SSSR count). The average Bonchev–Trinajstić information content (AvgIpc) is 3.25. The summed E-state index contributed by atoms with van der Waals surface area (Å²) in [5.41, 5.74) is 4.27. The van der Waals surface area contributed by atoms with Crippen LogP contribution in [0.25, 0.3) is 11.3 Å². The molecule has 0 unspecified atom stereocenters. The van der Waals surface area contributed by atoms with Crippen LogP contribution in [0.15, 0.2) is 42.5 Å². The van der Waals surface area contributed by atoms with Crippen molar-refractivity contribution >= 4 is 5.91 Å². The number of amides is 1. The lowest BCUT2D eigenvalue weighted by molar-refractivity contribution is 0.0816. The van der Waals surface area contributed by atoms with Crippen molar-refractivity contribution in [3.05, 3.63) is 64.8 Å². The molecule has 1 N–H and O–H groups in total. The van der Waals surface area contributed by atoms with E-state index in [-0.39, 0.29) is 5.91 Å². The number of fused-ring (bicyclic) bond motifs is 1. The Balaban J connectivity index is 1.52. The standard InChI is InChI=1S/C19H15N5O2/c1-24-10-14-5-6-15(8-16(14)19(24)25)26-11-12-3-2-4-13(7-12)18-17(9-20)21-23-22-18/h2-8H,10-11H2,1H3,(H,21,22,23). The first kappa shape index (κ1) is 15.8. The van der Waals surface area contributed by atoms with E-state index in [2.05, 4.69) is 15.4 Å². The maximum atomic E-state index is 12.1. The number of hydrogen-bond donors (Lipinski definition) is 1.